The maximum atomic E-state index is 11.4. The molecule has 0 amide bonds. The Morgan fingerprint density at radius 2 is 1.39 bits per heavy atom. The van der Waals surface area contributed by atoms with Crippen molar-refractivity contribution in [1.29, 1.82) is 0 Å². The van der Waals surface area contributed by atoms with Crippen molar-refractivity contribution in [3.8, 4) is 0 Å². The molecule has 3 N–H and O–H groups in total. The van der Waals surface area contributed by atoms with Crippen LogP contribution >= 0.6 is 11.8 Å². The lowest BCUT2D eigenvalue weighted by Gasteiger charge is -2.37. The summed E-state index contributed by atoms with van der Waals surface area (Å²) in [6.07, 6.45) is 1.93. The summed E-state index contributed by atoms with van der Waals surface area (Å²) in [6, 6.07) is 26.5. The van der Waals surface area contributed by atoms with Gasteiger partial charge < -0.3 is 10.8 Å². The summed E-state index contributed by atoms with van der Waals surface area (Å²) < 4.78 is -0.488. The molecule has 4 rings (SSSR count). The molecule has 0 saturated carbocycles. The second-order valence-corrected chi connectivity index (χ2v) is 8.35. The van der Waals surface area contributed by atoms with Crippen LogP contribution in [0.1, 0.15) is 27.8 Å². The Morgan fingerprint density at radius 3 is 1.93 bits per heavy atom. The standard InChI is InChI=1S/C24H23NO2S/c25-22(23(26)27)16-28-24(19-10-2-1-3-11-19)20-12-6-4-8-17(20)14-15-18-9-5-7-13-21(18)24/h1-13,22H,14-16,25H2,(H,26,27)/t22-/m0/s1. The van der Waals surface area contributed by atoms with Crippen LogP contribution < -0.4 is 5.73 Å². The molecular formula is C24H23NO2S. The predicted molar refractivity (Wildman–Crippen MR) is 115 cm³/mol. The van der Waals surface area contributed by atoms with Crippen molar-refractivity contribution in [2.24, 2.45) is 5.73 Å². The van der Waals surface area contributed by atoms with Crippen LogP contribution in [0.3, 0.4) is 0 Å². The average molecular weight is 390 g/mol. The maximum Gasteiger partial charge on any atom is 0.321 e. The molecule has 0 aromatic heterocycles. The second kappa shape index (κ2) is 7.82. The number of fused-ring (bicyclic) bond motifs is 2. The molecule has 0 aliphatic heterocycles. The van der Waals surface area contributed by atoms with Crippen molar-refractivity contribution in [3.05, 3.63) is 107 Å². The molecule has 1 aliphatic carbocycles. The summed E-state index contributed by atoms with van der Waals surface area (Å²) in [5.74, 6) is -0.640. The monoisotopic (exact) mass is 389 g/mol. The van der Waals surface area contributed by atoms with Gasteiger partial charge in [0.05, 0.1) is 4.75 Å². The third-order valence-corrected chi connectivity index (χ3v) is 7.07. The van der Waals surface area contributed by atoms with Gasteiger partial charge in [-0.05, 0) is 40.7 Å². The molecule has 1 atom stereocenters. The molecule has 0 fully saturated rings. The van der Waals surface area contributed by atoms with Crippen LogP contribution in [0.2, 0.25) is 0 Å². The molecule has 0 heterocycles. The van der Waals surface area contributed by atoms with E-state index in [-0.39, 0.29) is 0 Å². The van der Waals surface area contributed by atoms with E-state index in [1.165, 1.54) is 22.3 Å². The zero-order chi connectivity index (χ0) is 19.6. The molecule has 3 aromatic carbocycles. The third kappa shape index (κ3) is 3.23. The van der Waals surface area contributed by atoms with E-state index < -0.39 is 16.8 Å². The van der Waals surface area contributed by atoms with Gasteiger partial charge in [0.15, 0.2) is 0 Å². The van der Waals surface area contributed by atoms with Crippen molar-refractivity contribution >= 4 is 17.7 Å². The Hall–Kier alpha value is -2.56. The van der Waals surface area contributed by atoms with E-state index in [1.807, 2.05) is 18.2 Å². The molecule has 0 spiro atoms. The predicted octanol–water partition coefficient (Wildman–Crippen LogP) is 4.22. The highest BCUT2D eigenvalue weighted by Gasteiger charge is 2.41. The number of hydrogen-bond donors (Lipinski definition) is 2. The minimum atomic E-state index is -0.967. The van der Waals surface area contributed by atoms with Crippen molar-refractivity contribution in [2.45, 2.75) is 23.6 Å². The van der Waals surface area contributed by atoms with Crippen LogP contribution in [0.15, 0.2) is 78.9 Å². The molecule has 0 saturated heterocycles. The van der Waals surface area contributed by atoms with Gasteiger partial charge in [0.25, 0.3) is 0 Å². The minimum absolute atomic E-state index is 0.326. The molecule has 28 heavy (non-hydrogen) atoms. The fourth-order valence-electron chi connectivity index (χ4n) is 4.09. The molecule has 3 aromatic rings. The van der Waals surface area contributed by atoms with Gasteiger partial charge in [0.1, 0.15) is 6.04 Å². The largest absolute Gasteiger partial charge is 0.480 e. The molecule has 0 unspecified atom stereocenters. The Bertz CT molecular complexity index is 939. The lowest BCUT2D eigenvalue weighted by Crippen LogP contribution is -2.36. The molecule has 1 aliphatic rings. The first kappa shape index (κ1) is 18.8. The van der Waals surface area contributed by atoms with Crippen LogP contribution in [0, 0.1) is 0 Å². The summed E-state index contributed by atoms with van der Waals surface area (Å²) in [7, 11) is 0. The zero-order valence-corrected chi connectivity index (χ0v) is 16.4. The van der Waals surface area contributed by atoms with E-state index in [4.69, 9.17) is 5.73 Å². The number of rotatable bonds is 5. The first-order valence-electron chi connectivity index (χ1n) is 9.47. The van der Waals surface area contributed by atoms with E-state index in [1.54, 1.807) is 11.8 Å². The number of aliphatic carboxylic acids is 1. The van der Waals surface area contributed by atoms with E-state index >= 15 is 0 Å². The number of nitrogens with two attached hydrogens (primary N) is 1. The smallest absolute Gasteiger partial charge is 0.321 e. The van der Waals surface area contributed by atoms with Crippen molar-refractivity contribution in [1.82, 2.24) is 0 Å². The lowest BCUT2D eigenvalue weighted by atomic mass is 9.81. The normalized spacial score (nSPS) is 15.8. The van der Waals surface area contributed by atoms with Gasteiger partial charge >= 0.3 is 5.97 Å². The molecule has 0 radical (unpaired) electrons. The minimum Gasteiger partial charge on any atom is -0.480 e. The Balaban J connectivity index is 1.99. The van der Waals surface area contributed by atoms with Crippen LogP contribution in [0.25, 0.3) is 0 Å². The molecular weight excluding hydrogens is 366 g/mol. The number of benzene rings is 3. The van der Waals surface area contributed by atoms with Crippen LogP contribution in [0.5, 0.6) is 0 Å². The quantitative estimate of drug-likeness (QED) is 0.686. The van der Waals surface area contributed by atoms with Crippen LogP contribution in [-0.2, 0) is 22.4 Å². The van der Waals surface area contributed by atoms with E-state index in [0.717, 1.165) is 18.4 Å². The highest BCUT2D eigenvalue weighted by Crippen LogP contribution is 2.52. The van der Waals surface area contributed by atoms with Gasteiger partial charge in [0, 0.05) is 5.75 Å². The Morgan fingerprint density at radius 1 is 0.893 bits per heavy atom. The SMILES string of the molecule is N[C@@H](CSC1(c2ccccc2)c2ccccc2CCc2ccccc21)C(=O)O. The van der Waals surface area contributed by atoms with Crippen LogP contribution in [-0.4, -0.2) is 22.9 Å². The summed E-state index contributed by atoms with van der Waals surface area (Å²) >= 11 is 1.63. The van der Waals surface area contributed by atoms with Gasteiger partial charge in [-0.15, -0.1) is 11.8 Å². The van der Waals surface area contributed by atoms with Gasteiger partial charge in [-0.1, -0.05) is 78.9 Å². The Kier molecular flexibility index (Phi) is 5.25. The second-order valence-electron chi connectivity index (χ2n) is 7.12. The number of carbonyl (C=O) groups is 1. The highest BCUT2D eigenvalue weighted by atomic mass is 32.2. The van der Waals surface area contributed by atoms with Crippen molar-refractivity contribution in [3.63, 3.8) is 0 Å². The summed E-state index contributed by atoms with van der Waals surface area (Å²) in [6.45, 7) is 0. The highest BCUT2D eigenvalue weighted by molar-refractivity contribution is 8.00. The Labute approximate surface area is 169 Å². The number of thioether (sulfide) groups is 1. The average Bonchev–Trinajstić information content (AvgIpc) is 2.88. The molecule has 0 bridgehead atoms. The first-order chi connectivity index (χ1) is 13.6. The number of carboxylic acids is 1. The fourth-order valence-corrected chi connectivity index (χ4v) is 5.67. The van der Waals surface area contributed by atoms with E-state index in [2.05, 4.69) is 60.7 Å². The third-order valence-electron chi connectivity index (χ3n) is 5.43. The number of carboxylic acid groups (broad SMARTS) is 1. The zero-order valence-electron chi connectivity index (χ0n) is 15.5. The van der Waals surface area contributed by atoms with E-state index in [0.29, 0.717) is 5.75 Å². The maximum absolute atomic E-state index is 11.4. The van der Waals surface area contributed by atoms with Gasteiger partial charge in [0.2, 0.25) is 0 Å². The van der Waals surface area contributed by atoms with Crippen molar-refractivity contribution in [2.75, 3.05) is 5.75 Å². The fraction of sp³-hybridized carbons (Fsp3) is 0.208. The van der Waals surface area contributed by atoms with E-state index in [9.17, 15) is 9.90 Å². The topological polar surface area (TPSA) is 63.3 Å². The van der Waals surface area contributed by atoms with Gasteiger partial charge in [-0.25, -0.2) is 0 Å². The van der Waals surface area contributed by atoms with Crippen LogP contribution in [0.4, 0.5) is 0 Å². The number of aryl methyl sites for hydroxylation is 2. The summed E-state index contributed by atoms with van der Waals surface area (Å²) in [5, 5.41) is 9.37. The number of hydrogen-bond acceptors (Lipinski definition) is 3. The molecule has 3 nitrogen and oxygen atoms in total. The first-order valence-corrected chi connectivity index (χ1v) is 10.5. The molecule has 142 valence electrons. The van der Waals surface area contributed by atoms with Gasteiger partial charge in [-0.3, -0.25) is 4.79 Å². The van der Waals surface area contributed by atoms with Crippen molar-refractivity contribution < 1.29 is 9.90 Å². The molecule has 4 heteroatoms. The summed E-state index contributed by atoms with van der Waals surface area (Å²) in [4.78, 5) is 11.4. The summed E-state index contributed by atoms with van der Waals surface area (Å²) in [5.41, 5.74) is 12.2. The lowest BCUT2D eigenvalue weighted by molar-refractivity contribution is -0.137. The van der Waals surface area contributed by atoms with Gasteiger partial charge in [-0.2, -0.15) is 0 Å².